The number of nitrogens with zero attached hydrogens (tertiary/aromatic N) is 1. The second-order valence-corrected chi connectivity index (χ2v) is 4.93. The van der Waals surface area contributed by atoms with Crippen LogP contribution in [-0.2, 0) is 0 Å². The van der Waals surface area contributed by atoms with Gasteiger partial charge in [-0.2, -0.15) is 0 Å². The standard InChI is InChI=1S/C17H20N4O/c1-2-22-15-10-6-4-8-13(15)17-20-14-9-5-3-7-12(14)16(21-17)19-11-18/h3-10,17,20H,2,11,18H2,1H3,(H,19,21). The molecule has 5 heteroatoms. The zero-order valence-electron chi connectivity index (χ0n) is 12.5. The molecule has 2 aromatic rings. The summed E-state index contributed by atoms with van der Waals surface area (Å²) in [4.78, 5) is 4.38. The lowest BCUT2D eigenvalue weighted by Crippen LogP contribution is -2.39. The maximum absolute atomic E-state index is 5.73. The van der Waals surface area contributed by atoms with Gasteiger partial charge in [-0.25, -0.2) is 0 Å². The molecule has 1 aliphatic heterocycles. The summed E-state index contributed by atoms with van der Waals surface area (Å²) in [6.45, 7) is 2.86. The third kappa shape index (κ3) is 2.76. The van der Waals surface area contributed by atoms with E-state index in [1.54, 1.807) is 0 Å². The molecule has 0 fully saturated rings. The van der Waals surface area contributed by atoms with E-state index in [0.717, 1.165) is 28.4 Å². The number of anilines is 1. The SMILES string of the molecule is CCOc1ccccc1C1N/C(=N\CN)c2ccccc2N1. The molecule has 0 aromatic heterocycles. The Labute approximate surface area is 130 Å². The number of fused-ring (bicyclic) bond motifs is 1. The number of benzene rings is 2. The minimum absolute atomic E-state index is 0.108. The van der Waals surface area contributed by atoms with Crippen LogP contribution in [0, 0.1) is 0 Å². The van der Waals surface area contributed by atoms with E-state index >= 15 is 0 Å². The van der Waals surface area contributed by atoms with Crippen LogP contribution in [0.2, 0.25) is 0 Å². The number of nitrogens with two attached hydrogens (primary N) is 1. The van der Waals surface area contributed by atoms with Gasteiger partial charge in [0, 0.05) is 16.8 Å². The first-order valence-electron chi connectivity index (χ1n) is 7.42. The number of aliphatic imine (C=N–C) groups is 1. The molecule has 0 saturated carbocycles. The molecule has 1 atom stereocenters. The highest BCUT2D eigenvalue weighted by Crippen LogP contribution is 2.31. The Morgan fingerprint density at radius 1 is 1.09 bits per heavy atom. The number of rotatable bonds is 4. The largest absolute Gasteiger partial charge is 0.493 e. The molecule has 0 spiro atoms. The van der Waals surface area contributed by atoms with Crippen LogP contribution >= 0.6 is 0 Å². The van der Waals surface area contributed by atoms with Gasteiger partial charge >= 0.3 is 0 Å². The van der Waals surface area contributed by atoms with Crippen molar-refractivity contribution in [2.45, 2.75) is 13.1 Å². The molecule has 5 nitrogen and oxygen atoms in total. The smallest absolute Gasteiger partial charge is 0.133 e. The Hall–Kier alpha value is -2.53. The predicted molar refractivity (Wildman–Crippen MR) is 89.1 cm³/mol. The van der Waals surface area contributed by atoms with Gasteiger partial charge in [0.2, 0.25) is 0 Å². The highest BCUT2D eigenvalue weighted by atomic mass is 16.5. The van der Waals surface area contributed by atoms with Gasteiger partial charge < -0.3 is 21.1 Å². The monoisotopic (exact) mass is 296 g/mol. The van der Waals surface area contributed by atoms with Crippen LogP contribution in [0.15, 0.2) is 53.5 Å². The van der Waals surface area contributed by atoms with Crippen LogP contribution in [0.1, 0.15) is 24.2 Å². The number of para-hydroxylation sites is 2. The van der Waals surface area contributed by atoms with Gasteiger partial charge in [0.15, 0.2) is 0 Å². The Bertz CT molecular complexity index is 684. The summed E-state index contributed by atoms with van der Waals surface area (Å²) in [5.74, 6) is 1.66. The number of nitrogens with one attached hydrogen (secondary N) is 2. The molecule has 0 aliphatic carbocycles. The van der Waals surface area contributed by atoms with Gasteiger partial charge in [-0.05, 0) is 25.1 Å². The maximum Gasteiger partial charge on any atom is 0.133 e. The molecule has 1 unspecified atom stereocenters. The fraction of sp³-hybridized carbons (Fsp3) is 0.235. The van der Waals surface area contributed by atoms with E-state index in [0.29, 0.717) is 6.61 Å². The molecule has 0 amide bonds. The third-order valence-corrected chi connectivity index (χ3v) is 3.54. The summed E-state index contributed by atoms with van der Waals surface area (Å²) in [5.41, 5.74) is 8.71. The van der Waals surface area contributed by atoms with Gasteiger partial charge in [0.1, 0.15) is 17.8 Å². The van der Waals surface area contributed by atoms with Crippen molar-refractivity contribution in [1.29, 1.82) is 0 Å². The zero-order chi connectivity index (χ0) is 15.4. The predicted octanol–water partition coefficient (Wildman–Crippen LogP) is 2.46. The van der Waals surface area contributed by atoms with Gasteiger partial charge in [0.05, 0.1) is 13.3 Å². The molecule has 2 aromatic carbocycles. The van der Waals surface area contributed by atoms with E-state index in [1.165, 1.54) is 0 Å². The Morgan fingerprint density at radius 3 is 2.68 bits per heavy atom. The third-order valence-electron chi connectivity index (χ3n) is 3.54. The van der Waals surface area contributed by atoms with E-state index in [1.807, 2.05) is 55.5 Å². The van der Waals surface area contributed by atoms with Gasteiger partial charge in [0.25, 0.3) is 0 Å². The number of hydrogen-bond acceptors (Lipinski definition) is 4. The van der Waals surface area contributed by atoms with Crippen LogP contribution < -0.4 is 21.1 Å². The zero-order valence-corrected chi connectivity index (χ0v) is 12.5. The Balaban J connectivity index is 1.99. The lowest BCUT2D eigenvalue weighted by molar-refractivity contribution is 0.334. The number of amidine groups is 1. The van der Waals surface area contributed by atoms with Crippen molar-refractivity contribution in [2.75, 3.05) is 18.6 Å². The van der Waals surface area contributed by atoms with Gasteiger partial charge in [-0.15, -0.1) is 0 Å². The molecule has 114 valence electrons. The molecular formula is C17H20N4O. The lowest BCUT2D eigenvalue weighted by Gasteiger charge is -2.31. The summed E-state index contributed by atoms with van der Waals surface area (Å²) in [6.07, 6.45) is -0.108. The van der Waals surface area contributed by atoms with Crippen molar-refractivity contribution in [1.82, 2.24) is 5.32 Å². The van der Waals surface area contributed by atoms with E-state index < -0.39 is 0 Å². The van der Waals surface area contributed by atoms with Gasteiger partial charge in [-0.1, -0.05) is 30.3 Å². The molecule has 0 saturated heterocycles. The minimum atomic E-state index is -0.108. The normalized spacial score (nSPS) is 18.3. The topological polar surface area (TPSA) is 71.7 Å². The van der Waals surface area contributed by atoms with Gasteiger partial charge in [-0.3, -0.25) is 4.99 Å². The fourth-order valence-corrected chi connectivity index (χ4v) is 2.61. The van der Waals surface area contributed by atoms with Crippen molar-refractivity contribution >= 4 is 11.5 Å². The highest BCUT2D eigenvalue weighted by Gasteiger charge is 2.24. The summed E-state index contributed by atoms with van der Waals surface area (Å²) >= 11 is 0. The Kier molecular flexibility index (Phi) is 4.25. The van der Waals surface area contributed by atoms with Crippen LogP contribution in [-0.4, -0.2) is 19.1 Å². The van der Waals surface area contributed by atoms with Crippen molar-refractivity contribution < 1.29 is 4.74 Å². The van der Waals surface area contributed by atoms with Crippen LogP contribution in [0.4, 0.5) is 5.69 Å². The lowest BCUT2D eigenvalue weighted by atomic mass is 10.0. The molecular weight excluding hydrogens is 276 g/mol. The second kappa shape index (κ2) is 6.49. The van der Waals surface area contributed by atoms with Crippen LogP contribution in [0.3, 0.4) is 0 Å². The highest BCUT2D eigenvalue weighted by molar-refractivity contribution is 6.05. The van der Waals surface area contributed by atoms with Crippen molar-refractivity contribution in [3.05, 3.63) is 59.7 Å². The Morgan fingerprint density at radius 2 is 1.86 bits per heavy atom. The van der Waals surface area contributed by atoms with Crippen LogP contribution in [0.5, 0.6) is 5.75 Å². The quantitative estimate of drug-likeness (QED) is 0.810. The summed E-state index contributed by atoms with van der Waals surface area (Å²) in [6, 6.07) is 16.0. The molecule has 0 radical (unpaired) electrons. The first-order valence-corrected chi connectivity index (χ1v) is 7.42. The first kappa shape index (κ1) is 14.4. The molecule has 1 aliphatic rings. The summed E-state index contributed by atoms with van der Waals surface area (Å²) in [5, 5.41) is 6.89. The van der Waals surface area contributed by atoms with E-state index in [9.17, 15) is 0 Å². The molecule has 22 heavy (non-hydrogen) atoms. The molecule has 3 rings (SSSR count). The summed E-state index contributed by atoms with van der Waals surface area (Å²) < 4.78 is 5.73. The number of hydrogen-bond donors (Lipinski definition) is 3. The summed E-state index contributed by atoms with van der Waals surface area (Å²) in [7, 11) is 0. The van der Waals surface area contributed by atoms with E-state index in [-0.39, 0.29) is 12.8 Å². The molecule has 1 heterocycles. The van der Waals surface area contributed by atoms with Crippen LogP contribution in [0.25, 0.3) is 0 Å². The maximum atomic E-state index is 5.73. The van der Waals surface area contributed by atoms with E-state index in [2.05, 4.69) is 15.6 Å². The van der Waals surface area contributed by atoms with Crippen molar-refractivity contribution in [3.63, 3.8) is 0 Å². The average molecular weight is 296 g/mol. The number of ether oxygens (including phenoxy) is 1. The van der Waals surface area contributed by atoms with Crippen molar-refractivity contribution in [3.8, 4) is 5.75 Å². The molecule has 4 N–H and O–H groups in total. The second-order valence-electron chi connectivity index (χ2n) is 4.93. The van der Waals surface area contributed by atoms with E-state index in [4.69, 9.17) is 10.5 Å². The fourth-order valence-electron chi connectivity index (χ4n) is 2.61. The molecule has 0 bridgehead atoms. The first-order chi connectivity index (χ1) is 10.8. The minimum Gasteiger partial charge on any atom is -0.493 e. The van der Waals surface area contributed by atoms with Crippen molar-refractivity contribution in [2.24, 2.45) is 10.7 Å². The average Bonchev–Trinajstić information content (AvgIpc) is 2.56.